The summed E-state index contributed by atoms with van der Waals surface area (Å²) in [6.45, 7) is 5.61. The van der Waals surface area contributed by atoms with Gasteiger partial charge in [-0.2, -0.15) is 0 Å². The van der Waals surface area contributed by atoms with Crippen molar-refractivity contribution in [3.8, 4) is 0 Å². The highest BCUT2D eigenvalue weighted by Crippen LogP contribution is 2.01. The highest BCUT2D eigenvalue weighted by atomic mass is 16.5. The molecule has 78 valence electrons. The molecule has 0 spiro atoms. The lowest BCUT2D eigenvalue weighted by atomic mass is 10.1. The van der Waals surface area contributed by atoms with Crippen LogP contribution in [-0.4, -0.2) is 50.1 Å². The minimum atomic E-state index is 0.207. The van der Waals surface area contributed by atoms with Gasteiger partial charge in [-0.15, -0.1) is 0 Å². The van der Waals surface area contributed by atoms with Crippen LogP contribution in [0, 0.1) is 0 Å². The predicted octanol–water partition coefficient (Wildman–Crippen LogP) is -0.665. The maximum absolute atomic E-state index is 8.62. The van der Waals surface area contributed by atoms with Gasteiger partial charge in [0, 0.05) is 25.2 Å². The maximum atomic E-state index is 8.62. The number of morpholine rings is 1. The van der Waals surface area contributed by atoms with Crippen molar-refractivity contribution < 1.29 is 9.84 Å². The summed E-state index contributed by atoms with van der Waals surface area (Å²) in [6, 6.07) is 0.904. The molecule has 1 fully saturated rings. The van der Waals surface area contributed by atoms with Crippen LogP contribution in [0.2, 0.25) is 0 Å². The quantitative estimate of drug-likeness (QED) is 0.536. The minimum absolute atomic E-state index is 0.207. The molecule has 1 aliphatic heterocycles. The van der Waals surface area contributed by atoms with E-state index in [1.165, 1.54) is 0 Å². The van der Waals surface area contributed by atoms with E-state index in [1.807, 2.05) is 0 Å². The molecule has 4 nitrogen and oxygen atoms in total. The molecular formula is C9H20N2O2. The molecule has 0 aromatic heterocycles. The van der Waals surface area contributed by atoms with Gasteiger partial charge < -0.3 is 20.5 Å². The highest BCUT2D eigenvalue weighted by molar-refractivity contribution is 4.75. The lowest BCUT2D eigenvalue weighted by Gasteiger charge is -2.26. The number of aliphatic hydroxyl groups is 1. The van der Waals surface area contributed by atoms with Crippen molar-refractivity contribution in [2.24, 2.45) is 0 Å². The number of hydrogen-bond acceptors (Lipinski definition) is 4. The van der Waals surface area contributed by atoms with Crippen LogP contribution in [0.15, 0.2) is 0 Å². The summed E-state index contributed by atoms with van der Waals surface area (Å²) in [7, 11) is 0. The van der Waals surface area contributed by atoms with Crippen LogP contribution in [-0.2, 0) is 4.74 Å². The zero-order valence-corrected chi connectivity index (χ0v) is 8.25. The number of rotatable bonds is 5. The summed E-state index contributed by atoms with van der Waals surface area (Å²) in [6.07, 6.45) is 1.06. The molecule has 3 N–H and O–H groups in total. The Morgan fingerprint density at radius 3 is 3.15 bits per heavy atom. The van der Waals surface area contributed by atoms with E-state index < -0.39 is 0 Å². The van der Waals surface area contributed by atoms with Crippen molar-refractivity contribution in [1.29, 1.82) is 0 Å². The van der Waals surface area contributed by atoms with Crippen LogP contribution >= 0.6 is 0 Å². The normalized spacial score (nSPS) is 25.8. The second-order valence-electron chi connectivity index (χ2n) is 3.54. The molecule has 0 aliphatic carbocycles. The molecule has 2 unspecified atom stereocenters. The molecule has 4 heteroatoms. The Balaban J connectivity index is 2.07. The van der Waals surface area contributed by atoms with E-state index in [9.17, 15) is 0 Å². The van der Waals surface area contributed by atoms with Gasteiger partial charge >= 0.3 is 0 Å². The number of hydrogen-bond donors (Lipinski definition) is 3. The lowest BCUT2D eigenvalue weighted by Crippen LogP contribution is -2.45. The van der Waals surface area contributed by atoms with Crippen LogP contribution in [0.25, 0.3) is 0 Å². The third-order valence-electron chi connectivity index (χ3n) is 2.24. The zero-order valence-electron chi connectivity index (χ0n) is 8.25. The molecular weight excluding hydrogens is 168 g/mol. The van der Waals surface area contributed by atoms with Gasteiger partial charge in [-0.1, -0.05) is 0 Å². The predicted molar refractivity (Wildman–Crippen MR) is 51.8 cm³/mol. The van der Waals surface area contributed by atoms with Crippen molar-refractivity contribution in [1.82, 2.24) is 10.6 Å². The van der Waals surface area contributed by atoms with Gasteiger partial charge in [0.05, 0.1) is 19.8 Å². The first-order valence-corrected chi connectivity index (χ1v) is 4.98. The summed E-state index contributed by atoms with van der Waals surface area (Å²) >= 11 is 0. The Labute approximate surface area is 79.7 Å². The molecule has 1 rings (SSSR count). The van der Waals surface area contributed by atoms with Gasteiger partial charge in [0.25, 0.3) is 0 Å². The lowest BCUT2D eigenvalue weighted by molar-refractivity contribution is 0.0710. The topological polar surface area (TPSA) is 53.5 Å². The van der Waals surface area contributed by atoms with Crippen molar-refractivity contribution in [2.45, 2.75) is 25.4 Å². The molecule has 2 atom stereocenters. The summed E-state index contributed by atoms with van der Waals surface area (Å²) in [5.41, 5.74) is 0. The van der Waals surface area contributed by atoms with E-state index in [-0.39, 0.29) is 6.61 Å². The second kappa shape index (κ2) is 6.32. The van der Waals surface area contributed by atoms with E-state index in [2.05, 4.69) is 17.6 Å². The average molecular weight is 188 g/mol. The summed E-state index contributed by atoms with van der Waals surface area (Å²) in [5, 5.41) is 15.3. The Morgan fingerprint density at radius 1 is 1.69 bits per heavy atom. The van der Waals surface area contributed by atoms with Gasteiger partial charge in [0.1, 0.15) is 0 Å². The van der Waals surface area contributed by atoms with Crippen LogP contribution in [0.5, 0.6) is 0 Å². The van der Waals surface area contributed by atoms with Crippen LogP contribution in [0.3, 0.4) is 0 Å². The molecule has 1 saturated heterocycles. The number of aliphatic hydroxyl groups excluding tert-OH is 1. The van der Waals surface area contributed by atoms with E-state index in [0.717, 1.165) is 26.2 Å². The Morgan fingerprint density at radius 2 is 2.54 bits per heavy atom. The first-order valence-electron chi connectivity index (χ1n) is 4.98. The summed E-state index contributed by atoms with van der Waals surface area (Å²) < 4.78 is 5.35. The molecule has 0 radical (unpaired) electrons. The van der Waals surface area contributed by atoms with E-state index >= 15 is 0 Å². The SMILES string of the molecule is CC(CC1COCCN1)NCCO. The van der Waals surface area contributed by atoms with Crippen molar-refractivity contribution in [3.63, 3.8) is 0 Å². The number of nitrogens with one attached hydrogen (secondary N) is 2. The fraction of sp³-hybridized carbons (Fsp3) is 1.00. The van der Waals surface area contributed by atoms with Crippen LogP contribution < -0.4 is 10.6 Å². The summed E-state index contributed by atoms with van der Waals surface area (Å²) in [5.74, 6) is 0. The molecule has 0 aromatic carbocycles. The standard InChI is InChI=1S/C9H20N2O2/c1-8(10-2-4-12)6-9-7-13-5-3-11-9/h8-12H,2-7H2,1H3. The second-order valence-corrected chi connectivity index (χ2v) is 3.54. The third-order valence-corrected chi connectivity index (χ3v) is 2.24. The van der Waals surface area contributed by atoms with Crippen LogP contribution in [0.4, 0.5) is 0 Å². The number of ether oxygens (including phenoxy) is 1. The summed E-state index contributed by atoms with van der Waals surface area (Å²) in [4.78, 5) is 0. The minimum Gasteiger partial charge on any atom is -0.395 e. The first-order chi connectivity index (χ1) is 6.33. The largest absolute Gasteiger partial charge is 0.395 e. The van der Waals surface area contributed by atoms with Gasteiger partial charge in [0.15, 0.2) is 0 Å². The van der Waals surface area contributed by atoms with Gasteiger partial charge in [0.2, 0.25) is 0 Å². The van der Waals surface area contributed by atoms with Gasteiger partial charge in [-0.25, -0.2) is 0 Å². The zero-order chi connectivity index (χ0) is 9.52. The fourth-order valence-corrected chi connectivity index (χ4v) is 1.59. The van der Waals surface area contributed by atoms with Crippen molar-refractivity contribution >= 4 is 0 Å². The van der Waals surface area contributed by atoms with Crippen molar-refractivity contribution in [2.75, 3.05) is 32.9 Å². The van der Waals surface area contributed by atoms with E-state index in [4.69, 9.17) is 9.84 Å². The van der Waals surface area contributed by atoms with E-state index in [0.29, 0.717) is 18.6 Å². The Bertz CT molecular complexity index is 127. The Hall–Kier alpha value is -0.160. The Kier molecular flexibility index (Phi) is 5.31. The highest BCUT2D eigenvalue weighted by Gasteiger charge is 2.15. The van der Waals surface area contributed by atoms with Gasteiger partial charge in [-0.05, 0) is 13.3 Å². The molecule has 0 saturated carbocycles. The van der Waals surface area contributed by atoms with E-state index in [1.54, 1.807) is 0 Å². The molecule has 0 amide bonds. The fourth-order valence-electron chi connectivity index (χ4n) is 1.59. The van der Waals surface area contributed by atoms with Crippen LogP contribution in [0.1, 0.15) is 13.3 Å². The van der Waals surface area contributed by atoms with Crippen molar-refractivity contribution in [3.05, 3.63) is 0 Å². The molecule has 13 heavy (non-hydrogen) atoms. The molecule has 0 aromatic rings. The van der Waals surface area contributed by atoms with Gasteiger partial charge in [-0.3, -0.25) is 0 Å². The monoisotopic (exact) mass is 188 g/mol. The maximum Gasteiger partial charge on any atom is 0.0620 e. The third kappa shape index (κ3) is 4.57. The first kappa shape index (κ1) is 10.9. The molecule has 0 bridgehead atoms. The molecule has 1 aliphatic rings. The smallest absolute Gasteiger partial charge is 0.0620 e. The molecule has 1 heterocycles. The average Bonchev–Trinajstić information content (AvgIpc) is 2.16.